The lowest BCUT2D eigenvalue weighted by atomic mass is 10.1. The lowest BCUT2D eigenvalue weighted by molar-refractivity contribution is 0.334. The SMILES string of the molecule is CC(C)c1c(N)c2cc3[nH]ncc3cc2n1-c1c(O)c(O)c(F)c(O)c1O. The highest BCUT2D eigenvalue weighted by atomic mass is 19.1. The molecule has 0 amide bonds. The maximum absolute atomic E-state index is 13.8. The Hall–Kier alpha value is -3.62. The molecule has 4 rings (SSSR count). The predicted molar refractivity (Wildman–Crippen MR) is 98.0 cm³/mol. The summed E-state index contributed by atoms with van der Waals surface area (Å²) in [5, 5.41) is 48.5. The molecule has 0 unspecified atom stereocenters. The van der Waals surface area contributed by atoms with E-state index in [1.54, 1.807) is 18.3 Å². The second kappa shape index (κ2) is 5.44. The van der Waals surface area contributed by atoms with Crippen molar-refractivity contribution in [1.29, 1.82) is 0 Å². The normalized spacial score (nSPS) is 11.9. The van der Waals surface area contributed by atoms with E-state index in [0.717, 1.165) is 10.9 Å². The first-order chi connectivity index (χ1) is 12.7. The molecule has 7 N–H and O–H groups in total. The van der Waals surface area contributed by atoms with Crippen molar-refractivity contribution in [3.8, 4) is 28.7 Å². The monoisotopic (exact) mass is 372 g/mol. The van der Waals surface area contributed by atoms with Gasteiger partial charge >= 0.3 is 0 Å². The molecular weight excluding hydrogens is 355 g/mol. The number of aromatic hydroxyl groups is 4. The zero-order chi connectivity index (χ0) is 19.6. The minimum Gasteiger partial charge on any atom is -0.503 e. The van der Waals surface area contributed by atoms with Crippen LogP contribution in [0.1, 0.15) is 25.5 Å². The predicted octanol–water partition coefficient (Wildman–Crippen LogP) is 3.17. The van der Waals surface area contributed by atoms with Crippen LogP contribution >= 0.6 is 0 Å². The molecule has 2 aromatic carbocycles. The summed E-state index contributed by atoms with van der Waals surface area (Å²) in [7, 11) is 0. The lowest BCUT2D eigenvalue weighted by Crippen LogP contribution is -2.05. The number of anilines is 1. The molecule has 9 heteroatoms. The zero-order valence-electron chi connectivity index (χ0n) is 14.4. The Morgan fingerprint density at radius 2 is 1.70 bits per heavy atom. The van der Waals surface area contributed by atoms with Crippen molar-refractivity contribution in [3.05, 3.63) is 29.8 Å². The molecule has 8 nitrogen and oxygen atoms in total. The van der Waals surface area contributed by atoms with Crippen molar-refractivity contribution in [3.63, 3.8) is 0 Å². The van der Waals surface area contributed by atoms with Gasteiger partial charge in [-0.15, -0.1) is 0 Å². The van der Waals surface area contributed by atoms with Gasteiger partial charge < -0.3 is 30.7 Å². The van der Waals surface area contributed by atoms with Gasteiger partial charge in [0.2, 0.25) is 17.3 Å². The molecule has 140 valence electrons. The smallest absolute Gasteiger partial charge is 0.214 e. The average molecular weight is 372 g/mol. The molecule has 0 bridgehead atoms. The maximum Gasteiger partial charge on any atom is 0.214 e. The number of fused-ring (bicyclic) bond motifs is 2. The summed E-state index contributed by atoms with van der Waals surface area (Å²) < 4.78 is 15.2. The zero-order valence-corrected chi connectivity index (χ0v) is 14.4. The van der Waals surface area contributed by atoms with Crippen molar-refractivity contribution in [2.45, 2.75) is 19.8 Å². The van der Waals surface area contributed by atoms with Crippen LogP contribution < -0.4 is 5.73 Å². The molecular formula is C18H17FN4O4. The Morgan fingerprint density at radius 3 is 2.30 bits per heavy atom. The molecule has 0 radical (unpaired) electrons. The molecule has 0 aliphatic carbocycles. The maximum atomic E-state index is 13.8. The van der Waals surface area contributed by atoms with E-state index in [1.165, 1.54) is 4.57 Å². The molecule has 0 fully saturated rings. The molecule has 0 atom stereocenters. The van der Waals surface area contributed by atoms with Crippen LogP contribution in [0.4, 0.5) is 10.1 Å². The molecule has 0 aliphatic heterocycles. The van der Waals surface area contributed by atoms with Gasteiger partial charge in [-0.2, -0.15) is 9.49 Å². The van der Waals surface area contributed by atoms with E-state index < -0.39 is 28.8 Å². The van der Waals surface area contributed by atoms with E-state index in [1.807, 2.05) is 13.8 Å². The standard InChI is InChI=1S/C18H17FN4O4/c1-6(2)13-12(20)8-4-9-7(5-21-22-9)3-10(8)23(13)14-17(26)15(24)11(19)16(25)18(14)27/h3-6,24-27H,20H2,1-2H3,(H,21,22). The van der Waals surface area contributed by atoms with Gasteiger partial charge in [0, 0.05) is 16.5 Å². The summed E-state index contributed by atoms with van der Waals surface area (Å²) in [5.41, 5.74) is 8.09. The number of nitrogen functional groups attached to an aromatic ring is 1. The molecule has 2 aromatic heterocycles. The van der Waals surface area contributed by atoms with Gasteiger partial charge in [0.1, 0.15) is 5.69 Å². The highest BCUT2D eigenvalue weighted by molar-refractivity contribution is 6.04. The number of aromatic amines is 1. The molecule has 0 saturated heterocycles. The fraction of sp³-hybridized carbons (Fsp3) is 0.167. The van der Waals surface area contributed by atoms with Gasteiger partial charge in [0.05, 0.1) is 22.9 Å². The number of benzene rings is 2. The second-order valence-corrected chi connectivity index (χ2v) is 6.67. The highest BCUT2D eigenvalue weighted by Crippen LogP contribution is 2.50. The number of rotatable bonds is 2. The van der Waals surface area contributed by atoms with Gasteiger partial charge in [-0.25, -0.2) is 0 Å². The summed E-state index contributed by atoms with van der Waals surface area (Å²) in [6.07, 6.45) is 1.59. The van der Waals surface area contributed by atoms with Crippen molar-refractivity contribution >= 4 is 27.5 Å². The van der Waals surface area contributed by atoms with Crippen LogP contribution in [-0.2, 0) is 0 Å². The van der Waals surface area contributed by atoms with Gasteiger partial charge in [-0.1, -0.05) is 13.8 Å². The van der Waals surface area contributed by atoms with E-state index in [-0.39, 0.29) is 11.6 Å². The molecule has 2 heterocycles. The van der Waals surface area contributed by atoms with Gasteiger partial charge in [0.15, 0.2) is 11.5 Å². The van der Waals surface area contributed by atoms with Crippen LogP contribution in [0.15, 0.2) is 18.3 Å². The van der Waals surface area contributed by atoms with Crippen molar-refractivity contribution in [2.75, 3.05) is 5.73 Å². The lowest BCUT2D eigenvalue weighted by Gasteiger charge is -2.18. The fourth-order valence-corrected chi connectivity index (χ4v) is 3.45. The van der Waals surface area contributed by atoms with Crippen LogP contribution in [0.2, 0.25) is 0 Å². The quantitative estimate of drug-likeness (QED) is 0.236. The van der Waals surface area contributed by atoms with Crippen molar-refractivity contribution in [2.24, 2.45) is 0 Å². The Bertz CT molecular complexity index is 1200. The van der Waals surface area contributed by atoms with Crippen LogP contribution in [0, 0.1) is 5.82 Å². The molecule has 0 aliphatic rings. The van der Waals surface area contributed by atoms with Crippen LogP contribution in [0.5, 0.6) is 23.0 Å². The second-order valence-electron chi connectivity index (χ2n) is 6.67. The van der Waals surface area contributed by atoms with Crippen molar-refractivity contribution in [1.82, 2.24) is 14.8 Å². The molecule has 0 saturated carbocycles. The Balaban J connectivity index is 2.24. The largest absolute Gasteiger partial charge is 0.503 e. The van der Waals surface area contributed by atoms with Crippen LogP contribution in [0.3, 0.4) is 0 Å². The number of phenols is 4. The number of nitrogens with one attached hydrogen (secondary N) is 1. The van der Waals surface area contributed by atoms with Gasteiger partial charge in [-0.05, 0) is 18.1 Å². The highest BCUT2D eigenvalue weighted by Gasteiger charge is 2.29. The molecule has 27 heavy (non-hydrogen) atoms. The summed E-state index contributed by atoms with van der Waals surface area (Å²) in [6, 6.07) is 3.50. The summed E-state index contributed by atoms with van der Waals surface area (Å²) in [6.45, 7) is 3.71. The number of nitrogens with two attached hydrogens (primary N) is 1. The first kappa shape index (κ1) is 16.8. The Morgan fingerprint density at radius 1 is 1.07 bits per heavy atom. The van der Waals surface area contributed by atoms with Gasteiger partial charge in [-0.3, -0.25) is 5.10 Å². The summed E-state index contributed by atoms with van der Waals surface area (Å²) in [5.74, 6) is -5.83. The number of hydrogen-bond donors (Lipinski definition) is 6. The first-order valence-electron chi connectivity index (χ1n) is 8.16. The van der Waals surface area contributed by atoms with Gasteiger partial charge in [0.25, 0.3) is 0 Å². The van der Waals surface area contributed by atoms with Crippen LogP contribution in [0.25, 0.3) is 27.5 Å². The third-order valence-corrected chi connectivity index (χ3v) is 4.69. The number of phenolic OH excluding ortho intramolecular Hbond substituents is 4. The fourth-order valence-electron chi connectivity index (χ4n) is 3.45. The van der Waals surface area contributed by atoms with E-state index in [9.17, 15) is 24.8 Å². The van der Waals surface area contributed by atoms with Crippen LogP contribution in [-0.4, -0.2) is 35.2 Å². The van der Waals surface area contributed by atoms with E-state index >= 15 is 0 Å². The number of aromatic nitrogens is 3. The topological polar surface area (TPSA) is 141 Å². The van der Waals surface area contributed by atoms with E-state index in [0.29, 0.717) is 22.3 Å². The Kier molecular flexibility index (Phi) is 3.39. The number of H-pyrrole nitrogens is 1. The number of hydrogen-bond acceptors (Lipinski definition) is 6. The summed E-state index contributed by atoms with van der Waals surface area (Å²) >= 11 is 0. The van der Waals surface area contributed by atoms with E-state index in [2.05, 4.69) is 10.2 Å². The van der Waals surface area contributed by atoms with E-state index in [4.69, 9.17) is 5.73 Å². The average Bonchev–Trinajstić information content (AvgIpc) is 3.19. The molecule has 4 aromatic rings. The molecule has 0 spiro atoms. The third kappa shape index (κ3) is 2.11. The third-order valence-electron chi connectivity index (χ3n) is 4.69. The minimum absolute atomic E-state index is 0.165. The minimum atomic E-state index is -1.51. The first-order valence-corrected chi connectivity index (χ1v) is 8.16. The number of halogens is 1. The van der Waals surface area contributed by atoms with Crippen molar-refractivity contribution < 1.29 is 24.8 Å². The number of nitrogens with zero attached hydrogens (tertiary/aromatic N) is 2. The summed E-state index contributed by atoms with van der Waals surface area (Å²) in [4.78, 5) is 0. The Labute approximate surface area is 151 Å².